The van der Waals surface area contributed by atoms with Crippen LogP contribution in [0.4, 0.5) is 0 Å². The molecule has 1 aromatic heterocycles. The van der Waals surface area contributed by atoms with Crippen molar-refractivity contribution in [3.05, 3.63) is 94.5 Å². The molecular formula is C33H39N5. The fourth-order valence-electron chi connectivity index (χ4n) is 6.18. The minimum Gasteiger partial charge on any atom is -0.371 e. The molecule has 5 nitrogen and oxygen atoms in total. The van der Waals surface area contributed by atoms with Crippen molar-refractivity contribution in [3.8, 4) is 17.5 Å². The molecule has 0 bridgehead atoms. The highest BCUT2D eigenvalue weighted by Gasteiger charge is 2.35. The lowest BCUT2D eigenvalue weighted by atomic mass is 9.84. The smallest absolute Gasteiger partial charge is 0.138 e. The van der Waals surface area contributed by atoms with Gasteiger partial charge >= 0.3 is 0 Å². The summed E-state index contributed by atoms with van der Waals surface area (Å²) in [5.41, 5.74) is 11.3. The Hall–Kier alpha value is -3.78. The molecule has 0 amide bonds. The SMILES string of the molecule is C=C(C)N1Cc2[nH]c(-c3cc(C(=C)N4CCC(c5ccc(C#N)cc5)CC4)c(C)cc3C)nc2C(C)(C)C1. The number of benzene rings is 2. The van der Waals surface area contributed by atoms with Crippen molar-refractivity contribution >= 4 is 5.70 Å². The second kappa shape index (κ2) is 9.83. The van der Waals surface area contributed by atoms with E-state index in [0.29, 0.717) is 5.92 Å². The summed E-state index contributed by atoms with van der Waals surface area (Å²) in [6, 6.07) is 14.9. The Bertz CT molecular complexity index is 1430. The van der Waals surface area contributed by atoms with E-state index in [1.54, 1.807) is 0 Å². The summed E-state index contributed by atoms with van der Waals surface area (Å²) >= 11 is 0. The Morgan fingerprint density at radius 2 is 1.74 bits per heavy atom. The monoisotopic (exact) mass is 505 g/mol. The van der Waals surface area contributed by atoms with E-state index >= 15 is 0 Å². The normalized spacial score (nSPS) is 17.2. The minimum atomic E-state index is -0.0500. The number of likely N-dealkylation sites (tertiary alicyclic amines) is 1. The molecule has 2 aliphatic heterocycles. The van der Waals surface area contributed by atoms with Gasteiger partial charge in [-0.25, -0.2) is 4.98 Å². The fourth-order valence-corrected chi connectivity index (χ4v) is 6.18. The van der Waals surface area contributed by atoms with Gasteiger partial charge in [-0.15, -0.1) is 0 Å². The molecule has 0 unspecified atom stereocenters. The molecule has 38 heavy (non-hydrogen) atoms. The molecule has 3 aromatic rings. The Morgan fingerprint density at radius 3 is 2.37 bits per heavy atom. The Balaban J connectivity index is 1.37. The highest BCUT2D eigenvalue weighted by Crippen LogP contribution is 2.38. The van der Waals surface area contributed by atoms with Gasteiger partial charge in [0.1, 0.15) is 5.82 Å². The van der Waals surface area contributed by atoms with E-state index in [1.165, 1.54) is 27.9 Å². The number of aryl methyl sites for hydroxylation is 2. The molecule has 1 fully saturated rings. The summed E-state index contributed by atoms with van der Waals surface area (Å²) in [6.07, 6.45) is 2.17. The first-order valence-electron chi connectivity index (χ1n) is 13.6. The van der Waals surface area contributed by atoms with Gasteiger partial charge in [-0.05, 0) is 74.4 Å². The van der Waals surface area contributed by atoms with Crippen LogP contribution in [0.25, 0.3) is 17.1 Å². The molecular weight excluding hydrogens is 466 g/mol. The maximum absolute atomic E-state index is 9.09. The lowest BCUT2D eigenvalue weighted by Crippen LogP contribution is -2.41. The first kappa shape index (κ1) is 25.9. The number of imidazole rings is 1. The molecule has 0 radical (unpaired) electrons. The predicted octanol–water partition coefficient (Wildman–Crippen LogP) is 7.04. The number of aromatic amines is 1. The van der Waals surface area contributed by atoms with Gasteiger partial charge in [0.15, 0.2) is 0 Å². The van der Waals surface area contributed by atoms with Crippen molar-refractivity contribution in [1.29, 1.82) is 5.26 Å². The van der Waals surface area contributed by atoms with Crippen molar-refractivity contribution in [2.24, 2.45) is 0 Å². The topological polar surface area (TPSA) is 59.0 Å². The van der Waals surface area contributed by atoms with Crippen molar-refractivity contribution in [2.45, 2.75) is 65.3 Å². The molecule has 2 aromatic carbocycles. The summed E-state index contributed by atoms with van der Waals surface area (Å²) in [5, 5.41) is 9.09. The number of fused-ring (bicyclic) bond motifs is 1. The zero-order valence-corrected chi connectivity index (χ0v) is 23.5. The predicted molar refractivity (Wildman–Crippen MR) is 155 cm³/mol. The molecule has 1 saturated heterocycles. The highest BCUT2D eigenvalue weighted by molar-refractivity contribution is 5.73. The number of hydrogen-bond acceptors (Lipinski definition) is 4. The summed E-state index contributed by atoms with van der Waals surface area (Å²) < 4.78 is 0. The number of nitrogens with zero attached hydrogens (tertiary/aromatic N) is 4. The van der Waals surface area contributed by atoms with Crippen LogP contribution in [-0.2, 0) is 12.0 Å². The second-order valence-electron chi connectivity index (χ2n) is 11.8. The third kappa shape index (κ3) is 4.76. The molecule has 0 saturated carbocycles. The van der Waals surface area contributed by atoms with Crippen LogP contribution in [0.5, 0.6) is 0 Å². The van der Waals surface area contributed by atoms with Crippen molar-refractivity contribution in [3.63, 3.8) is 0 Å². The number of rotatable bonds is 5. The standard InChI is InChI=1S/C33H39N5/c1-21(2)38-19-30-31(33(6,7)20-38)36-32(35-30)29-17-28(22(3)16-23(29)4)24(5)37-14-12-27(13-15-37)26-10-8-25(18-34)9-11-26/h8-11,16-17,27H,1,5,12-15,19-20H2,2-4,6-7H3,(H,35,36). The molecule has 196 valence electrons. The largest absolute Gasteiger partial charge is 0.371 e. The summed E-state index contributed by atoms with van der Waals surface area (Å²) in [7, 11) is 0. The van der Waals surface area contributed by atoms with E-state index in [2.05, 4.69) is 92.9 Å². The van der Waals surface area contributed by atoms with Gasteiger partial charge in [0.2, 0.25) is 0 Å². The Labute approximate surface area is 227 Å². The van der Waals surface area contributed by atoms with Gasteiger partial charge in [0, 0.05) is 47.6 Å². The van der Waals surface area contributed by atoms with E-state index < -0.39 is 0 Å². The van der Waals surface area contributed by atoms with Gasteiger partial charge in [0.05, 0.1) is 29.6 Å². The zero-order chi connectivity index (χ0) is 27.2. The van der Waals surface area contributed by atoms with Gasteiger partial charge < -0.3 is 14.8 Å². The van der Waals surface area contributed by atoms with Crippen LogP contribution in [0, 0.1) is 25.2 Å². The molecule has 5 rings (SSSR count). The zero-order valence-electron chi connectivity index (χ0n) is 23.5. The first-order chi connectivity index (χ1) is 18.1. The van der Waals surface area contributed by atoms with Crippen LogP contribution in [-0.4, -0.2) is 39.4 Å². The lowest BCUT2D eigenvalue weighted by Gasteiger charge is -2.38. The minimum absolute atomic E-state index is 0.0500. The number of nitrogens with one attached hydrogen (secondary N) is 1. The van der Waals surface area contributed by atoms with Crippen LogP contribution < -0.4 is 0 Å². The maximum atomic E-state index is 9.09. The van der Waals surface area contributed by atoms with E-state index in [0.717, 1.165) is 73.1 Å². The molecule has 0 spiro atoms. The average molecular weight is 506 g/mol. The van der Waals surface area contributed by atoms with Crippen LogP contribution >= 0.6 is 0 Å². The van der Waals surface area contributed by atoms with Crippen LogP contribution in [0.2, 0.25) is 0 Å². The fraction of sp³-hybridized carbons (Fsp3) is 0.394. The third-order valence-electron chi connectivity index (χ3n) is 8.42. The van der Waals surface area contributed by atoms with Gasteiger partial charge in [-0.3, -0.25) is 0 Å². The van der Waals surface area contributed by atoms with Gasteiger partial charge in [-0.2, -0.15) is 5.26 Å². The van der Waals surface area contributed by atoms with Gasteiger partial charge in [-0.1, -0.05) is 45.2 Å². The van der Waals surface area contributed by atoms with Gasteiger partial charge in [0.25, 0.3) is 0 Å². The van der Waals surface area contributed by atoms with E-state index in [1.807, 2.05) is 12.1 Å². The van der Waals surface area contributed by atoms with Crippen LogP contribution in [0.15, 0.2) is 55.3 Å². The highest BCUT2D eigenvalue weighted by atomic mass is 15.2. The lowest BCUT2D eigenvalue weighted by molar-refractivity contribution is 0.239. The average Bonchev–Trinajstić information content (AvgIpc) is 3.33. The van der Waals surface area contributed by atoms with E-state index in [9.17, 15) is 0 Å². The number of hydrogen-bond donors (Lipinski definition) is 1. The Kier molecular flexibility index (Phi) is 6.69. The Morgan fingerprint density at radius 1 is 1.05 bits per heavy atom. The van der Waals surface area contributed by atoms with Crippen molar-refractivity contribution in [2.75, 3.05) is 19.6 Å². The number of H-pyrrole nitrogens is 1. The number of allylic oxidation sites excluding steroid dienone is 1. The van der Waals surface area contributed by atoms with Crippen LogP contribution in [0.1, 0.15) is 78.7 Å². The summed E-state index contributed by atoms with van der Waals surface area (Å²) in [4.78, 5) is 13.6. The number of aromatic nitrogens is 2. The summed E-state index contributed by atoms with van der Waals surface area (Å²) in [6.45, 7) is 23.4. The second-order valence-corrected chi connectivity index (χ2v) is 11.8. The van der Waals surface area contributed by atoms with Crippen molar-refractivity contribution in [1.82, 2.24) is 19.8 Å². The molecule has 3 heterocycles. The molecule has 2 aliphatic rings. The van der Waals surface area contributed by atoms with Crippen molar-refractivity contribution < 1.29 is 0 Å². The van der Waals surface area contributed by atoms with E-state index in [-0.39, 0.29) is 5.41 Å². The maximum Gasteiger partial charge on any atom is 0.138 e. The first-order valence-corrected chi connectivity index (χ1v) is 13.6. The molecule has 0 aliphatic carbocycles. The third-order valence-corrected chi connectivity index (χ3v) is 8.42. The number of nitriles is 1. The molecule has 0 atom stereocenters. The van der Waals surface area contributed by atoms with E-state index in [4.69, 9.17) is 10.2 Å². The molecule has 1 N–H and O–H groups in total. The quantitative estimate of drug-likeness (QED) is 0.404. The summed E-state index contributed by atoms with van der Waals surface area (Å²) in [5.74, 6) is 1.47. The van der Waals surface area contributed by atoms with Crippen LogP contribution in [0.3, 0.4) is 0 Å². The number of piperidine rings is 1. The molecule has 5 heteroatoms.